The summed E-state index contributed by atoms with van der Waals surface area (Å²) in [6.07, 6.45) is 1.84. The van der Waals surface area contributed by atoms with E-state index >= 15 is 0 Å². The SMILES string of the molecule is COc1ccc(-n2cc(-c3ccccc3)nc2NC(=O)CN(CC(C)C)C(=O)c2ccc(Cl)cc2)cc1OC. The predicted molar refractivity (Wildman–Crippen MR) is 153 cm³/mol. The topological polar surface area (TPSA) is 85.7 Å². The number of rotatable bonds is 10. The zero-order valence-corrected chi connectivity index (χ0v) is 23.1. The van der Waals surface area contributed by atoms with E-state index in [1.54, 1.807) is 55.2 Å². The molecule has 1 aromatic heterocycles. The van der Waals surface area contributed by atoms with Gasteiger partial charge in [0.05, 0.1) is 25.6 Å². The van der Waals surface area contributed by atoms with Crippen LogP contribution >= 0.6 is 11.6 Å². The number of hydrogen-bond acceptors (Lipinski definition) is 5. The van der Waals surface area contributed by atoms with Crippen LogP contribution in [0, 0.1) is 5.92 Å². The first-order valence-electron chi connectivity index (χ1n) is 12.5. The highest BCUT2D eigenvalue weighted by Gasteiger charge is 2.22. The van der Waals surface area contributed by atoms with Crippen molar-refractivity contribution < 1.29 is 19.1 Å². The lowest BCUT2D eigenvalue weighted by Gasteiger charge is -2.24. The number of carbonyl (C=O) groups excluding carboxylic acids is 2. The smallest absolute Gasteiger partial charge is 0.254 e. The number of imidazole rings is 1. The zero-order valence-electron chi connectivity index (χ0n) is 22.3. The van der Waals surface area contributed by atoms with E-state index in [-0.39, 0.29) is 24.3 Å². The maximum absolute atomic E-state index is 13.3. The average molecular weight is 547 g/mol. The Balaban J connectivity index is 1.65. The first-order chi connectivity index (χ1) is 18.8. The number of aromatic nitrogens is 2. The number of amides is 2. The molecule has 202 valence electrons. The second-order valence-corrected chi connectivity index (χ2v) is 9.80. The fraction of sp³-hybridized carbons (Fsp3) is 0.233. The summed E-state index contributed by atoms with van der Waals surface area (Å²) in [6, 6.07) is 21.8. The number of anilines is 1. The van der Waals surface area contributed by atoms with Crippen LogP contribution in [0.25, 0.3) is 16.9 Å². The molecule has 4 aromatic rings. The van der Waals surface area contributed by atoms with Crippen molar-refractivity contribution in [2.45, 2.75) is 13.8 Å². The van der Waals surface area contributed by atoms with Gasteiger partial charge in [-0.3, -0.25) is 19.5 Å². The lowest BCUT2D eigenvalue weighted by Crippen LogP contribution is -2.40. The van der Waals surface area contributed by atoms with E-state index in [1.807, 2.05) is 56.4 Å². The molecule has 2 amide bonds. The summed E-state index contributed by atoms with van der Waals surface area (Å²) in [5, 5.41) is 3.45. The summed E-state index contributed by atoms with van der Waals surface area (Å²) in [6.45, 7) is 4.26. The third-order valence-corrected chi connectivity index (χ3v) is 6.22. The van der Waals surface area contributed by atoms with Crippen molar-refractivity contribution in [3.05, 3.63) is 89.6 Å². The summed E-state index contributed by atoms with van der Waals surface area (Å²) < 4.78 is 12.6. The van der Waals surface area contributed by atoms with Crippen LogP contribution in [-0.2, 0) is 4.79 Å². The first-order valence-corrected chi connectivity index (χ1v) is 12.9. The van der Waals surface area contributed by atoms with Crippen LogP contribution in [0.15, 0.2) is 79.0 Å². The monoisotopic (exact) mass is 546 g/mol. The molecule has 0 unspecified atom stereocenters. The average Bonchev–Trinajstić information content (AvgIpc) is 3.36. The van der Waals surface area contributed by atoms with Crippen LogP contribution in [0.2, 0.25) is 5.02 Å². The van der Waals surface area contributed by atoms with Crippen LogP contribution in [-0.4, -0.2) is 53.6 Å². The van der Waals surface area contributed by atoms with E-state index in [2.05, 4.69) is 5.32 Å². The van der Waals surface area contributed by atoms with Gasteiger partial charge in [-0.2, -0.15) is 0 Å². The van der Waals surface area contributed by atoms with Crippen LogP contribution in [0.1, 0.15) is 24.2 Å². The van der Waals surface area contributed by atoms with Crippen molar-refractivity contribution in [2.24, 2.45) is 5.92 Å². The summed E-state index contributed by atoms with van der Waals surface area (Å²) >= 11 is 5.99. The highest BCUT2D eigenvalue weighted by Crippen LogP contribution is 2.31. The predicted octanol–water partition coefficient (Wildman–Crippen LogP) is 5.95. The molecule has 0 spiro atoms. The van der Waals surface area contributed by atoms with E-state index in [9.17, 15) is 9.59 Å². The lowest BCUT2D eigenvalue weighted by molar-refractivity contribution is -0.117. The largest absolute Gasteiger partial charge is 0.493 e. The molecule has 0 fully saturated rings. The van der Waals surface area contributed by atoms with Gasteiger partial charge in [0.2, 0.25) is 11.9 Å². The van der Waals surface area contributed by atoms with E-state index in [4.69, 9.17) is 26.1 Å². The Bertz CT molecular complexity index is 1440. The minimum absolute atomic E-state index is 0.140. The fourth-order valence-corrected chi connectivity index (χ4v) is 4.29. The van der Waals surface area contributed by atoms with Crippen LogP contribution in [0.3, 0.4) is 0 Å². The number of carbonyl (C=O) groups is 2. The number of nitrogens with zero attached hydrogens (tertiary/aromatic N) is 3. The molecule has 4 rings (SSSR count). The molecule has 0 bridgehead atoms. The highest BCUT2D eigenvalue weighted by atomic mass is 35.5. The summed E-state index contributed by atoms with van der Waals surface area (Å²) in [7, 11) is 3.14. The van der Waals surface area contributed by atoms with Crippen molar-refractivity contribution in [1.82, 2.24) is 14.5 Å². The zero-order chi connectivity index (χ0) is 27.9. The molecular formula is C30H31ClN4O4. The number of nitrogens with one attached hydrogen (secondary N) is 1. The Hall–Kier alpha value is -4.30. The molecule has 0 saturated heterocycles. The van der Waals surface area contributed by atoms with E-state index in [1.165, 1.54) is 4.90 Å². The van der Waals surface area contributed by atoms with Gasteiger partial charge in [-0.15, -0.1) is 0 Å². The second kappa shape index (κ2) is 12.5. The van der Waals surface area contributed by atoms with Gasteiger partial charge < -0.3 is 14.4 Å². The number of benzene rings is 3. The van der Waals surface area contributed by atoms with E-state index < -0.39 is 0 Å². The van der Waals surface area contributed by atoms with Crippen molar-refractivity contribution in [1.29, 1.82) is 0 Å². The van der Waals surface area contributed by atoms with Crippen molar-refractivity contribution in [3.8, 4) is 28.4 Å². The molecule has 0 aliphatic heterocycles. The Kier molecular flexibility index (Phi) is 8.88. The number of hydrogen-bond donors (Lipinski definition) is 1. The number of methoxy groups -OCH3 is 2. The quantitative estimate of drug-likeness (QED) is 0.266. The van der Waals surface area contributed by atoms with Gasteiger partial charge in [0, 0.05) is 35.0 Å². The van der Waals surface area contributed by atoms with Crippen molar-refractivity contribution in [2.75, 3.05) is 32.6 Å². The molecular weight excluding hydrogens is 516 g/mol. The highest BCUT2D eigenvalue weighted by molar-refractivity contribution is 6.30. The standard InChI is InChI=1S/C30H31ClN4O4/c1-20(2)17-34(29(37)22-10-12-23(31)13-11-22)19-28(36)33-30-32-25(21-8-6-5-7-9-21)18-35(30)24-14-15-26(38-3)27(16-24)39-4/h5-16,18,20H,17,19H2,1-4H3,(H,32,33,36). The van der Waals surface area contributed by atoms with Gasteiger partial charge in [0.25, 0.3) is 5.91 Å². The number of halogens is 1. The Labute approximate surface area is 233 Å². The molecule has 0 aliphatic rings. The maximum Gasteiger partial charge on any atom is 0.254 e. The molecule has 8 nitrogen and oxygen atoms in total. The fourth-order valence-electron chi connectivity index (χ4n) is 4.16. The Morgan fingerprint density at radius 1 is 0.974 bits per heavy atom. The summed E-state index contributed by atoms with van der Waals surface area (Å²) in [4.78, 5) is 32.8. The van der Waals surface area contributed by atoms with Crippen LogP contribution in [0.4, 0.5) is 5.95 Å². The molecule has 0 atom stereocenters. The molecule has 0 radical (unpaired) electrons. The van der Waals surface area contributed by atoms with Gasteiger partial charge in [-0.05, 0) is 42.3 Å². The third-order valence-electron chi connectivity index (χ3n) is 5.97. The van der Waals surface area contributed by atoms with Gasteiger partial charge >= 0.3 is 0 Å². The Morgan fingerprint density at radius 3 is 2.31 bits per heavy atom. The second-order valence-electron chi connectivity index (χ2n) is 9.36. The van der Waals surface area contributed by atoms with Crippen LogP contribution < -0.4 is 14.8 Å². The van der Waals surface area contributed by atoms with Gasteiger partial charge in [0.1, 0.15) is 6.54 Å². The minimum atomic E-state index is -0.370. The third kappa shape index (κ3) is 6.78. The Morgan fingerprint density at radius 2 is 1.67 bits per heavy atom. The van der Waals surface area contributed by atoms with Gasteiger partial charge in [0.15, 0.2) is 11.5 Å². The maximum atomic E-state index is 13.3. The van der Waals surface area contributed by atoms with Crippen molar-refractivity contribution >= 4 is 29.4 Å². The summed E-state index contributed by atoms with van der Waals surface area (Å²) in [5.41, 5.74) is 2.75. The minimum Gasteiger partial charge on any atom is -0.493 e. The molecule has 9 heteroatoms. The van der Waals surface area contributed by atoms with Crippen LogP contribution in [0.5, 0.6) is 11.5 Å². The lowest BCUT2D eigenvalue weighted by atomic mass is 10.1. The van der Waals surface area contributed by atoms with Gasteiger partial charge in [-0.25, -0.2) is 4.98 Å². The van der Waals surface area contributed by atoms with E-state index in [0.29, 0.717) is 46.0 Å². The molecule has 1 heterocycles. The number of ether oxygens (including phenoxy) is 2. The molecule has 0 aliphatic carbocycles. The molecule has 1 N–H and O–H groups in total. The first kappa shape index (κ1) is 27.7. The molecule has 0 saturated carbocycles. The summed E-state index contributed by atoms with van der Waals surface area (Å²) in [5.74, 6) is 0.981. The molecule has 39 heavy (non-hydrogen) atoms. The molecule has 3 aromatic carbocycles. The van der Waals surface area contributed by atoms with Gasteiger partial charge in [-0.1, -0.05) is 55.8 Å². The van der Waals surface area contributed by atoms with Crippen molar-refractivity contribution in [3.63, 3.8) is 0 Å². The normalized spacial score (nSPS) is 10.8. The van der Waals surface area contributed by atoms with E-state index in [0.717, 1.165) is 5.56 Å².